The largest absolute Gasteiger partial charge is 0.490 e. The maximum absolute atomic E-state index is 11.8. The SMILES string of the molecule is C=C/C=C(Cl)/C=C(\C=C/C)OC1CCC(/C=C/C(=O)OC(C)(C)C)CC1. The molecule has 144 valence electrons. The van der Waals surface area contributed by atoms with E-state index in [0.717, 1.165) is 31.4 Å². The minimum atomic E-state index is -0.455. The molecule has 0 radical (unpaired) electrons. The lowest BCUT2D eigenvalue weighted by Gasteiger charge is -2.28. The summed E-state index contributed by atoms with van der Waals surface area (Å²) in [5.41, 5.74) is -0.455. The number of rotatable bonds is 7. The Morgan fingerprint density at radius 2 is 1.81 bits per heavy atom. The van der Waals surface area contributed by atoms with Crippen LogP contribution in [0.4, 0.5) is 0 Å². The summed E-state index contributed by atoms with van der Waals surface area (Å²) >= 11 is 6.12. The van der Waals surface area contributed by atoms with Crippen LogP contribution in [-0.2, 0) is 14.3 Å². The van der Waals surface area contributed by atoms with Gasteiger partial charge in [-0.25, -0.2) is 4.79 Å². The molecule has 0 saturated heterocycles. The summed E-state index contributed by atoms with van der Waals surface area (Å²) in [5.74, 6) is 0.863. The molecule has 0 bridgehead atoms. The number of esters is 1. The summed E-state index contributed by atoms with van der Waals surface area (Å²) in [6.45, 7) is 11.2. The first-order chi connectivity index (χ1) is 12.2. The van der Waals surface area contributed by atoms with E-state index in [0.29, 0.717) is 11.0 Å². The molecule has 26 heavy (non-hydrogen) atoms. The van der Waals surface area contributed by atoms with Crippen LogP contribution in [0.15, 0.2) is 59.9 Å². The molecule has 0 N–H and O–H groups in total. The molecule has 0 aromatic rings. The van der Waals surface area contributed by atoms with Crippen LogP contribution in [0.2, 0.25) is 0 Å². The van der Waals surface area contributed by atoms with Gasteiger partial charge in [-0.2, -0.15) is 0 Å². The van der Waals surface area contributed by atoms with Gasteiger partial charge in [0.15, 0.2) is 0 Å². The Morgan fingerprint density at radius 3 is 2.35 bits per heavy atom. The van der Waals surface area contributed by atoms with Gasteiger partial charge in [0, 0.05) is 11.1 Å². The fraction of sp³-hybridized carbons (Fsp3) is 0.500. The Bertz CT molecular complexity index is 583. The third kappa shape index (κ3) is 9.67. The lowest BCUT2D eigenvalue weighted by Crippen LogP contribution is -2.23. The van der Waals surface area contributed by atoms with Gasteiger partial charge >= 0.3 is 5.97 Å². The van der Waals surface area contributed by atoms with Crippen LogP contribution in [0, 0.1) is 5.92 Å². The fourth-order valence-electron chi connectivity index (χ4n) is 2.72. The summed E-state index contributed by atoms with van der Waals surface area (Å²) < 4.78 is 11.4. The average Bonchev–Trinajstić information content (AvgIpc) is 2.53. The Hall–Kier alpha value is -1.74. The van der Waals surface area contributed by atoms with E-state index in [9.17, 15) is 4.79 Å². The number of ether oxygens (including phenoxy) is 2. The Balaban J connectivity index is 2.53. The van der Waals surface area contributed by atoms with E-state index in [-0.39, 0.29) is 12.1 Å². The number of allylic oxidation sites excluding steroid dienone is 7. The Kier molecular flexibility index (Phi) is 9.50. The normalized spacial score (nSPS) is 22.7. The Labute approximate surface area is 163 Å². The van der Waals surface area contributed by atoms with E-state index in [1.807, 2.05) is 45.9 Å². The van der Waals surface area contributed by atoms with Crippen molar-refractivity contribution in [3.63, 3.8) is 0 Å². The summed E-state index contributed by atoms with van der Waals surface area (Å²) in [6, 6.07) is 0. The first-order valence-corrected chi connectivity index (χ1v) is 9.51. The van der Waals surface area contributed by atoms with Gasteiger partial charge in [0.1, 0.15) is 11.4 Å². The van der Waals surface area contributed by atoms with Gasteiger partial charge < -0.3 is 9.47 Å². The van der Waals surface area contributed by atoms with Crippen molar-refractivity contribution in [3.8, 4) is 0 Å². The molecule has 0 aliphatic heterocycles. The molecule has 0 aromatic carbocycles. The van der Waals surface area contributed by atoms with Crippen LogP contribution in [0.3, 0.4) is 0 Å². The van der Waals surface area contributed by atoms with Crippen molar-refractivity contribution in [3.05, 3.63) is 59.9 Å². The van der Waals surface area contributed by atoms with Crippen molar-refractivity contribution in [2.24, 2.45) is 5.92 Å². The average molecular weight is 379 g/mol. The second-order valence-electron chi connectivity index (χ2n) is 7.38. The summed E-state index contributed by atoms with van der Waals surface area (Å²) in [4.78, 5) is 11.8. The molecule has 1 fully saturated rings. The second-order valence-corrected chi connectivity index (χ2v) is 7.82. The molecule has 1 saturated carbocycles. The summed E-state index contributed by atoms with van der Waals surface area (Å²) in [5, 5.41) is 0.585. The molecule has 4 heteroatoms. The molecular weight excluding hydrogens is 348 g/mol. The van der Waals surface area contributed by atoms with Crippen molar-refractivity contribution in [2.45, 2.75) is 65.1 Å². The van der Waals surface area contributed by atoms with Gasteiger partial charge in [-0.3, -0.25) is 0 Å². The van der Waals surface area contributed by atoms with Gasteiger partial charge in [-0.15, -0.1) is 0 Å². The van der Waals surface area contributed by atoms with Crippen molar-refractivity contribution >= 4 is 17.6 Å². The van der Waals surface area contributed by atoms with E-state index < -0.39 is 5.60 Å². The zero-order chi connectivity index (χ0) is 19.6. The topological polar surface area (TPSA) is 35.5 Å². The molecule has 1 aliphatic carbocycles. The number of hydrogen-bond donors (Lipinski definition) is 0. The molecule has 0 aromatic heterocycles. The third-order valence-corrected chi connectivity index (χ3v) is 4.06. The monoisotopic (exact) mass is 378 g/mol. The molecular formula is C22H31ClO3. The van der Waals surface area contributed by atoms with Crippen LogP contribution in [0.25, 0.3) is 0 Å². The van der Waals surface area contributed by atoms with Crippen LogP contribution in [0.1, 0.15) is 53.4 Å². The van der Waals surface area contributed by atoms with E-state index in [2.05, 4.69) is 6.58 Å². The van der Waals surface area contributed by atoms with Crippen LogP contribution in [-0.4, -0.2) is 17.7 Å². The van der Waals surface area contributed by atoms with Gasteiger partial charge in [0.05, 0.1) is 6.10 Å². The maximum atomic E-state index is 11.8. The standard InChI is InChI=1S/C22H31ClO3/c1-6-8-18(23)16-20(9-7-2)25-19-13-10-17(11-14-19)12-15-21(24)26-22(3,4)5/h6-9,12,15-17,19H,1,10-11,13-14H2,2-5H3/b9-7-,15-12+,18-8-,20-16+. The number of halogens is 1. The predicted octanol–water partition coefficient (Wildman–Crippen LogP) is 6.23. The zero-order valence-corrected chi connectivity index (χ0v) is 17.1. The first-order valence-electron chi connectivity index (χ1n) is 9.14. The molecule has 3 nitrogen and oxygen atoms in total. The number of carbonyl (C=O) groups excluding carboxylic acids is 1. The van der Waals surface area contributed by atoms with Crippen molar-refractivity contribution in [1.29, 1.82) is 0 Å². The fourth-order valence-corrected chi connectivity index (χ4v) is 2.92. The van der Waals surface area contributed by atoms with Crippen molar-refractivity contribution in [1.82, 2.24) is 0 Å². The molecule has 0 atom stereocenters. The highest BCUT2D eigenvalue weighted by atomic mass is 35.5. The highest BCUT2D eigenvalue weighted by Gasteiger charge is 2.22. The van der Waals surface area contributed by atoms with Crippen LogP contribution in [0.5, 0.6) is 0 Å². The molecule has 1 aliphatic rings. The molecule has 0 heterocycles. The van der Waals surface area contributed by atoms with E-state index in [1.165, 1.54) is 0 Å². The van der Waals surface area contributed by atoms with Crippen molar-refractivity contribution in [2.75, 3.05) is 0 Å². The molecule has 0 unspecified atom stereocenters. The van der Waals surface area contributed by atoms with Crippen LogP contribution < -0.4 is 0 Å². The third-order valence-electron chi connectivity index (χ3n) is 3.82. The van der Waals surface area contributed by atoms with Crippen molar-refractivity contribution < 1.29 is 14.3 Å². The molecule has 0 amide bonds. The number of hydrogen-bond acceptors (Lipinski definition) is 3. The summed E-state index contributed by atoms with van der Waals surface area (Å²) in [7, 11) is 0. The van der Waals surface area contributed by atoms with E-state index in [4.69, 9.17) is 21.1 Å². The van der Waals surface area contributed by atoms with Gasteiger partial charge in [0.25, 0.3) is 0 Å². The summed E-state index contributed by atoms with van der Waals surface area (Å²) in [6.07, 6.45) is 16.6. The molecule has 0 spiro atoms. The highest BCUT2D eigenvalue weighted by molar-refractivity contribution is 6.31. The predicted molar refractivity (Wildman–Crippen MR) is 109 cm³/mol. The minimum absolute atomic E-state index is 0.164. The molecule has 1 rings (SSSR count). The lowest BCUT2D eigenvalue weighted by molar-refractivity contribution is -0.148. The minimum Gasteiger partial charge on any atom is -0.490 e. The highest BCUT2D eigenvalue weighted by Crippen LogP contribution is 2.29. The smallest absolute Gasteiger partial charge is 0.330 e. The Morgan fingerprint density at radius 1 is 1.15 bits per heavy atom. The van der Waals surface area contributed by atoms with Gasteiger partial charge in [-0.05, 0) is 77.5 Å². The van der Waals surface area contributed by atoms with Gasteiger partial charge in [0.2, 0.25) is 0 Å². The quantitative estimate of drug-likeness (QED) is 0.228. The first kappa shape index (κ1) is 22.3. The second kappa shape index (κ2) is 11.1. The van der Waals surface area contributed by atoms with E-state index >= 15 is 0 Å². The lowest BCUT2D eigenvalue weighted by atomic mass is 9.87. The number of carbonyl (C=O) groups is 1. The zero-order valence-electron chi connectivity index (χ0n) is 16.3. The van der Waals surface area contributed by atoms with Crippen LogP contribution >= 0.6 is 11.6 Å². The maximum Gasteiger partial charge on any atom is 0.330 e. The van der Waals surface area contributed by atoms with E-state index in [1.54, 1.807) is 24.3 Å². The van der Waals surface area contributed by atoms with Gasteiger partial charge in [-0.1, -0.05) is 36.4 Å².